The topological polar surface area (TPSA) is 55.4 Å². The molecular formula is C23H28O6. The average Bonchev–Trinajstić information content (AvgIpc) is 3.19. The molecule has 0 N–H and O–H groups in total. The first-order chi connectivity index (χ1) is 14.0. The van der Waals surface area contributed by atoms with Crippen LogP contribution in [0.25, 0.3) is 11.1 Å². The molecule has 29 heavy (non-hydrogen) atoms. The third-order valence-electron chi connectivity index (χ3n) is 6.12. The second kappa shape index (κ2) is 7.58. The summed E-state index contributed by atoms with van der Waals surface area (Å²) in [6.45, 7) is 4.76. The van der Waals surface area contributed by atoms with E-state index in [-0.39, 0.29) is 6.79 Å². The van der Waals surface area contributed by atoms with Gasteiger partial charge in [-0.05, 0) is 47.9 Å². The van der Waals surface area contributed by atoms with Crippen molar-refractivity contribution in [3.63, 3.8) is 0 Å². The predicted octanol–water partition coefficient (Wildman–Crippen LogP) is 4.49. The van der Waals surface area contributed by atoms with Crippen molar-refractivity contribution >= 4 is 0 Å². The first-order valence-corrected chi connectivity index (χ1v) is 9.85. The van der Waals surface area contributed by atoms with Crippen LogP contribution in [-0.4, -0.2) is 35.2 Å². The molecule has 6 nitrogen and oxygen atoms in total. The van der Waals surface area contributed by atoms with Gasteiger partial charge < -0.3 is 28.4 Å². The van der Waals surface area contributed by atoms with Crippen LogP contribution in [0.4, 0.5) is 0 Å². The van der Waals surface area contributed by atoms with E-state index in [0.717, 1.165) is 40.8 Å². The van der Waals surface area contributed by atoms with E-state index in [1.807, 2.05) is 0 Å². The Morgan fingerprint density at radius 2 is 1.31 bits per heavy atom. The zero-order valence-electron chi connectivity index (χ0n) is 17.9. The first kappa shape index (κ1) is 19.6. The first-order valence-electron chi connectivity index (χ1n) is 9.85. The number of ether oxygens (including phenoxy) is 6. The van der Waals surface area contributed by atoms with E-state index in [4.69, 9.17) is 28.4 Å². The number of hydrogen-bond donors (Lipinski definition) is 0. The molecule has 0 unspecified atom stereocenters. The summed E-state index contributed by atoms with van der Waals surface area (Å²) in [4.78, 5) is 0. The summed E-state index contributed by atoms with van der Waals surface area (Å²) in [6.07, 6.45) is 1.80. The van der Waals surface area contributed by atoms with Gasteiger partial charge in [0.05, 0.1) is 28.4 Å². The highest BCUT2D eigenvalue weighted by atomic mass is 16.7. The summed E-state index contributed by atoms with van der Waals surface area (Å²) in [7, 11) is 6.58. The molecule has 2 aromatic carbocycles. The molecule has 2 atom stereocenters. The molecule has 6 heteroatoms. The zero-order chi connectivity index (χ0) is 20.7. The molecule has 0 radical (unpaired) electrons. The number of fused-ring (bicyclic) bond motifs is 4. The van der Waals surface area contributed by atoms with Crippen LogP contribution in [0.2, 0.25) is 0 Å². The average molecular weight is 400 g/mol. The molecule has 0 spiro atoms. The van der Waals surface area contributed by atoms with Gasteiger partial charge in [-0.2, -0.15) is 0 Å². The van der Waals surface area contributed by atoms with E-state index < -0.39 is 0 Å². The maximum Gasteiger partial charge on any atom is 0.231 e. The summed E-state index contributed by atoms with van der Waals surface area (Å²) in [5.41, 5.74) is 4.23. The van der Waals surface area contributed by atoms with Gasteiger partial charge in [-0.3, -0.25) is 0 Å². The Hall–Kier alpha value is -2.76. The van der Waals surface area contributed by atoms with Crippen molar-refractivity contribution in [2.45, 2.75) is 26.7 Å². The minimum absolute atomic E-state index is 0.191. The highest BCUT2D eigenvalue weighted by Gasteiger charge is 2.34. The second-order valence-corrected chi connectivity index (χ2v) is 7.72. The Morgan fingerprint density at radius 1 is 0.724 bits per heavy atom. The van der Waals surface area contributed by atoms with Crippen molar-refractivity contribution in [1.82, 2.24) is 0 Å². The smallest absolute Gasteiger partial charge is 0.231 e. The molecule has 2 aromatic rings. The lowest BCUT2D eigenvalue weighted by molar-refractivity contribution is 0.171. The molecule has 1 aliphatic carbocycles. The van der Waals surface area contributed by atoms with Crippen molar-refractivity contribution in [2.24, 2.45) is 11.8 Å². The Morgan fingerprint density at radius 3 is 1.90 bits per heavy atom. The zero-order valence-corrected chi connectivity index (χ0v) is 17.9. The molecule has 4 rings (SSSR count). The maximum atomic E-state index is 5.88. The normalized spacial score (nSPS) is 19.5. The van der Waals surface area contributed by atoms with Gasteiger partial charge >= 0.3 is 0 Å². The van der Waals surface area contributed by atoms with Crippen LogP contribution in [0.5, 0.6) is 34.5 Å². The summed E-state index contributed by atoms with van der Waals surface area (Å²) in [5.74, 6) is 4.85. The number of rotatable bonds is 4. The number of hydrogen-bond acceptors (Lipinski definition) is 6. The Kier molecular flexibility index (Phi) is 5.11. The lowest BCUT2D eigenvalue weighted by atomic mass is 9.77. The Balaban J connectivity index is 2.12. The van der Waals surface area contributed by atoms with Gasteiger partial charge in [-0.15, -0.1) is 0 Å². The molecule has 1 heterocycles. The van der Waals surface area contributed by atoms with Gasteiger partial charge in [-0.1, -0.05) is 13.8 Å². The van der Waals surface area contributed by atoms with E-state index in [0.29, 0.717) is 40.6 Å². The van der Waals surface area contributed by atoms with Crippen molar-refractivity contribution in [1.29, 1.82) is 0 Å². The highest BCUT2D eigenvalue weighted by molar-refractivity contribution is 5.88. The monoisotopic (exact) mass is 400 g/mol. The van der Waals surface area contributed by atoms with Crippen LogP contribution < -0.4 is 28.4 Å². The molecule has 0 saturated heterocycles. The summed E-state index contributed by atoms with van der Waals surface area (Å²) in [6, 6.07) is 4.13. The molecular weight excluding hydrogens is 372 g/mol. The van der Waals surface area contributed by atoms with Crippen LogP contribution in [0.1, 0.15) is 25.0 Å². The van der Waals surface area contributed by atoms with E-state index in [9.17, 15) is 0 Å². The minimum Gasteiger partial charge on any atom is -0.493 e. The molecule has 0 amide bonds. The quantitative estimate of drug-likeness (QED) is 0.754. The van der Waals surface area contributed by atoms with Crippen molar-refractivity contribution in [3.05, 3.63) is 23.3 Å². The molecule has 1 aliphatic heterocycles. The lowest BCUT2D eigenvalue weighted by Crippen LogP contribution is -2.18. The van der Waals surface area contributed by atoms with Crippen LogP contribution in [0.3, 0.4) is 0 Å². The van der Waals surface area contributed by atoms with Crippen molar-refractivity contribution in [3.8, 4) is 45.6 Å². The minimum atomic E-state index is 0.191. The lowest BCUT2D eigenvalue weighted by Gasteiger charge is -2.30. The fourth-order valence-electron chi connectivity index (χ4n) is 4.43. The summed E-state index contributed by atoms with van der Waals surface area (Å²) < 4.78 is 34.5. The largest absolute Gasteiger partial charge is 0.493 e. The van der Waals surface area contributed by atoms with Crippen LogP contribution in [0.15, 0.2) is 12.1 Å². The molecule has 0 bridgehead atoms. The van der Waals surface area contributed by atoms with E-state index in [1.54, 1.807) is 28.4 Å². The van der Waals surface area contributed by atoms with Gasteiger partial charge in [-0.25, -0.2) is 0 Å². The van der Waals surface area contributed by atoms with Gasteiger partial charge in [0.25, 0.3) is 0 Å². The highest BCUT2D eigenvalue weighted by Crippen LogP contribution is 2.56. The van der Waals surface area contributed by atoms with E-state index >= 15 is 0 Å². The van der Waals surface area contributed by atoms with Gasteiger partial charge in [0.2, 0.25) is 18.3 Å². The van der Waals surface area contributed by atoms with Crippen LogP contribution >= 0.6 is 0 Å². The predicted molar refractivity (Wildman–Crippen MR) is 110 cm³/mol. The van der Waals surface area contributed by atoms with E-state index in [2.05, 4.69) is 26.0 Å². The Bertz CT molecular complexity index is 936. The van der Waals surface area contributed by atoms with E-state index in [1.165, 1.54) is 0 Å². The third-order valence-corrected chi connectivity index (χ3v) is 6.12. The fraction of sp³-hybridized carbons (Fsp3) is 0.478. The summed E-state index contributed by atoms with van der Waals surface area (Å²) in [5, 5.41) is 0. The van der Waals surface area contributed by atoms with Gasteiger partial charge in [0, 0.05) is 11.1 Å². The number of methoxy groups -OCH3 is 4. The molecule has 2 aliphatic rings. The van der Waals surface area contributed by atoms with Gasteiger partial charge in [0.15, 0.2) is 23.0 Å². The number of benzene rings is 2. The molecule has 156 valence electrons. The summed E-state index contributed by atoms with van der Waals surface area (Å²) >= 11 is 0. The second-order valence-electron chi connectivity index (χ2n) is 7.72. The standard InChI is InChI=1S/C23H28O6/c1-12-7-14-9-16(24-3)20(25-4)22(26-5)18(14)19-15(8-13(12)2)10-17-21(23(19)27-6)29-11-28-17/h9-10,12-13H,7-8,11H2,1-6H3/t12-,13-/m1/s1. The molecule has 0 aromatic heterocycles. The molecule has 0 fully saturated rings. The van der Waals surface area contributed by atoms with Gasteiger partial charge in [0.1, 0.15) is 0 Å². The fourth-order valence-corrected chi connectivity index (χ4v) is 4.43. The van der Waals surface area contributed by atoms with Crippen LogP contribution in [-0.2, 0) is 12.8 Å². The SMILES string of the molecule is COc1cc2c(c(OC)c1OC)-c1c(cc3c(c1OC)OCO3)C[C@@H](C)[C@H](C)C2. The van der Waals surface area contributed by atoms with Crippen molar-refractivity contribution < 1.29 is 28.4 Å². The van der Waals surface area contributed by atoms with Crippen LogP contribution in [0, 0.1) is 11.8 Å². The molecule has 0 saturated carbocycles. The Labute approximate surface area is 171 Å². The third kappa shape index (κ3) is 3.02. The maximum absolute atomic E-state index is 5.88. The van der Waals surface area contributed by atoms with Crippen molar-refractivity contribution in [2.75, 3.05) is 35.2 Å².